The number of rotatable bonds is 4. The van der Waals surface area contributed by atoms with Crippen LogP contribution >= 0.6 is 11.3 Å². The highest BCUT2D eigenvalue weighted by Gasteiger charge is 2.10. The van der Waals surface area contributed by atoms with Gasteiger partial charge in [0.1, 0.15) is 0 Å². The standard InChI is InChI=1S/C14H19N3S/c1-4-11(15)6-12-5-10(3)16-14(17-12)13-8-18-7-9(13)2/h5,7-8,11H,4,6,15H2,1-3H3. The van der Waals surface area contributed by atoms with Crippen LogP contribution in [-0.2, 0) is 6.42 Å². The number of hydrogen-bond donors (Lipinski definition) is 1. The van der Waals surface area contributed by atoms with Gasteiger partial charge in [-0.25, -0.2) is 9.97 Å². The van der Waals surface area contributed by atoms with Gasteiger partial charge in [0.15, 0.2) is 5.82 Å². The molecule has 3 nitrogen and oxygen atoms in total. The maximum atomic E-state index is 6.00. The van der Waals surface area contributed by atoms with Crippen LogP contribution in [0.25, 0.3) is 11.4 Å². The summed E-state index contributed by atoms with van der Waals surface area (Å²) in [6.07, 6.45) is 1.78. The zero-order valence-electron chi connectivity index (χ0n) is 11.1. The van der Waals surface area contributed by atoms with Crippen molar-refractivity contribution in [3.63, 3.8) is 0 Å². The summed E-state index contributed by atoms with van der Waals surface area (Å²) in [6.45, 7) is 6.20. The van der Waals surface area contributed by atoms with Crippen molar-refractivity contribution in [2.45, 2.75) is 39.7 Å². The van der Waals surface area contributed by atoms with Gasteiger partial charge in [-0.05, 0) is 37.3 Å². The van der Waals surface area contributed by atoms with E-state index < -0.39 is 0 Å². The van der Waals surface area contributed by atoms with Crippen LogP contribution < -0.4 is 5.73 Å². The van der Waals surface area contributed by atoms with Gasteiger partial charge in [0.05, 0.1) is 0 Å². The summed E-state index contributed by atoms with van der Waals surface area (Å²) in [6, 6.07) is 2.21. The summed E-state index contributed by atoms with van der Waals surface area (Å²) in [5.74, 6) is 0.826. The molecule has 4 heteroatoms. The summed E-state index contributed by atoms with van der Waals surface area (Å²) in [5.41, 5.74) is 10.4. The van der Waals surface area contributed by atoms with Gasteiger partial charge in [0.2, 0.25) is 0 Å². The molecule has 0 saturated carbocycles. The highest BCUT2D eigenvalue weighted by Crippen LogP contribution is 2.24. The highest BCUT2D eigenvalue weighted by molar-refractivity contribution is 7.08. The first-order valence-corrected chi connectivity index (χ1v) is 7.17. The second-order valence-corrected chi connectivity index (χ2v) is 5.41. The number of nitrogens with zero attached hydrogens (tertiary/aromatic N) is 2. The first-order valence-electron chi connectivity index (χ1n) is 6.23. The van der Waals surface area contributed by atoms with Gasteiger partial charge in [-0.15, -0.1) is 0 Å². The molecular weight excluding hydrogens is 242 g/mol. The topological polar surface area (TPSA) is 51.8 Å². The van der Waals surface area contributed by atoms with E-state index >= 15 is 0 Å². The van der Waals surface area contributed by atoms with Gasteiger partial charge >= 0.3 is 0 Å². The minimum absolute atomic E-state index is 0.177. The number of aryl methyl sites for hydroxylation is 2. The van der Waals surface area contributed by atoms with E-state index in [0.717, 1.165) is 35.6 Å². The molecule has 0 spiro atoms. The zero-order chi connectivity index (χ0) is 13.1. The van der Waals surface area contributed by atoms with Crippen molar-refractivity contribution >= 4 is 11.3 Å². The van der Waals surface area contributed by atoms with Crippen LogP contribution in [0.2, 0.25) is 0 Å². The Balaban J connectivity index is 2.35. The largest absolute Gasteiger partial charge is 0.327 e. The summed E-state index contributed by atoms with van der Waals surface area (Å²) >= 11 is 1.69. The molecule has 2 N–H and O–H groups in total. The molecule has 0 fully saturated rings. The maximum absolute atomic E-state index is 6.00. The molecule has 0 radical (unpaired) electrons. The molecule has 96 valence electrons. The lowest BCUT2D eigenvalue weighted by molar-refractivity contribution is 0.635. The van der Waals surface area contributed by atoms with E-state index in [0.29, 0.717) is 0 Å². The van der Waals surface area contributed by atoms with Gasteiger partial charge < -0.3 is 5.73 Å². The van der Waals surface area contributed by atoms with Gasteiger partial charge in [-0.3, -0.25) is 0 Å². The van der Waals surface area contributed by atoms with Crippen LogP contribution in [0.15, 0.2) is 16.8 Å². The van der Waals surface area contributed by atoms with Gasteiger partial charge in [0.25, 0.3) is 0 Å². The average molecular weight is 261 g/mol. The smallest absolute Gasteiger partial charge is 0.160 e. The van der Waals surface area contributed by atoms with E-state index in [1.54, 1.807) is 11.3 Å². The Bertz CT molecular complexity index is 534. The Morgan fingerprint density at radius 3 is 2.67 bits per heavy atom. The SMILES string of the molecule is CCC(N)Cc1cc(C)nc(-c2cscc2C)n1. The van der Waals surface area contributed by atoms with Crippen molar-refractivity contribution in [1.29, 1.82) is 0 Å². The molecule has 0 bridgehead atoms. The fraction of sp³-hybridized carbons (Fsp3) is 0.429. The van der Waals surface area contributed by atoms with E-state index in [2.05, 4.69) is 34.6 Å². The predicted molar refractivity (Wildman–Crippen MR) is 76.8 cm³/mol. The molecule has 18 heavy (non-hydrogen) atoms. The molecular formula is C14H19N3S. The van der Waals surface area contributed by atoms with Crippen LogP contribution in [0.5, 0.6) is 0 Å². The van der Waals surface area contributed by atoms with Crippen molar-refractivity contribution in [2.24, 2.45) is 5.73 Å². The second-order valence-electron chi connectivity index (χ2n) is 4.67. The third-order valence-corrected chi connectivity index (χ3v) is 3.86. The fourth-order valence-corrected chi connectivity index (χ4v) is 2.69. The molecule has 0 aliphatic heterocycles. The molecule has 1 atom stereocenters. The lowest BCUT2D eigenvalue weighted by Crippen LogP contribution is -2.22. The van der Waals surface area contributed by atoms with E-state index in [1.165, 1.54) is 5.56 Å². The molecule has 0 saturated heterocycles. The van der Waals surface area contributed by atoms with Crippen LogP contribution in [0.3, 0.4) is 0 Å². The fourth-order valence-electron chi connectivity index (χ4n) is 1.86. The monoisotopic (exact) mass is 261 g/mol. The van der Waals surface area contributed by atoms with Crippen molar-refractivity contribution < 1.29 is 0 Å². The Labute approximate surface area is 112 Å². The average Bonchev–Trinajstić information content (AvgIpc) is 2.74. The van der Waals surface area contributed by atoms with E-state index in [9.17, 15) is 0 Å². The molecule has 0 aliphatic rings. The van der Waals surface area contributed by atoms with Crippen LogP contribution in [0.1, 0.15) is 30.3 Å². The minimum atomic E-state index is 0.177. The second kappa shape index (κ2) is 5.59. The van der Waals surface area contributed by atoms with Gasteiger partial charge in [0, 0.05) is 34.8 Å². The third-order valence-electron chi connectivity index (χ3n) is 3.00. The summed E-state index contributed by atoms with van der Waals surface area (Å²) in [7, 11) is 0. The minimum Gasteiger partial charge on any atom is -0.327 e. The van der Waals surface area contributed by atoms with Crippen LogP contribution in [0.4, 0.5) is 0 Å². The molecule has 2 heterocycles. The first kappa shape index (κ1) is 13.2. The zero-order valence-corrected chi connectivity index (χ0v) is 11.9. The number of hydrogen-bond acceptors (Lipinski definition) is 4. The number of thiophene rings is 1. The van der Waals surface area contributed by atoms with Gasteiger partial charge in [-0.1, -0.05) is 6.92 Å². The van der Waals surface area contributed by atoms with Crippen molar-refractivity contribution in [1.82, 2.24) is 9.97 Å². The van der Waals surface area contributed by atoms with Crippen molar-refractivity contribution in [2.75, 3.05) is 0 Å². The lowest BCUT2D eigenvalue weighted by Gasteiger charge is -2.10. The Morgan fingerprint density at radius 2 is 2.06 bits per heavy atom. The number of aromatic nitrogens is 2. The normalized spacial score (nSPS) is 12.7. The Kier molecular flexibility index (Phi) is 4.09. The summed E-state index contributed by atoms with van der Waals surface area (Å²) in [4.78, 5) is 9.17. The van der Waals surface area contributed by atoms with Crippen molar-refractivity contribution in [3.05, 3.63) is 33.8 Å². The van der Waals surface area contributed by atoms with E-state index in [4.69, 9.17) is 5.73 Å². The van der Waals surface area contributed by atoms with Crippen LogP contribution in [-0.4, -0.2) is 16.0 Å². The van der Waals surface area contributed by atoms with E-state index in [-0.39, 0.29) is 6.04 Å². The van der Waals surface area contributed by atoms with Gasteiger partial charge in [-0.2, -0.15) is 11.3 Å². The molecule has 2 aromatic rings. The summed E-state index contributed by atoms with van der Waals surface area (Å²) < 4.78 is 0. The maximum Gasteiger partial charge on any atom is 0.160 e. The number of nitrogens with two attached hydrogens (primary N) is 1. The van der Waals surface area contributed by atoms with Crippen molar-refractivity contribution in [3.8, 4) is 11.4 Å². The Morgan fingerprint density at radius 1 is 1.28 bits per heavy atom. The molecule has 0 amide bonds. The third kappa shape index (κ3) is 2.94. The predicted octanol–water partition coefficient (Wildman–Crippen LogP) is 3.10. The highest BCUT2D eigenvalue weighted by atomic mass is 32.1. The summed E-state index contributed by atoms with van der Waals surface area (Å²) in [5, 5.41) is 4.23. The van der Waals surface area contributed by atoms with Crippen LogP contribution in [0, 0.1) is 13.8 Å². The Hall–Kier alpha value is -1.26. The van der Waals surface area contributed by atoms with E-state index in [1.807, 2.05) is 13.0 Å². The molecule has 2 aromatic heterocycles. The molecule has 1 unspecified atom stereocenters. The lowest BCUT2D eigenvalue weighted by atomic mass is 10.1. The molecule has 2 rings (SSSR count). The molecule has 0 aliphatic carbocycles. The molecule has 0 aromatic carbocycles. The first-order chi connectivity index (χ1) is 8.60. The quantitative estimate of drug-likeness (QED) is 0.920.